The number of aliphatic hydroxyl groups excluding tert-OH is 1. The monoisotopic (exact) mass is 291 g/mol. The first-order chi connectivity index (χ1) is 7.60. The van der Waals surface area contributed by atoms with Crippen molar-refractivity contribution in [3.05, 3.63) is 28.0 Å². The molecule has 1 rings (SSSR count). The largest absolute Gasteiger partial charge is 0.494 e. The Kier molecular flexibility index (Phi) is 4.70. The molecule has 0 bridgehead atoms. The van der Waals surface area contributed by atoms with Crippen molar-refractivity contribution in [3.8, 4) is 5.75 Å². The van der Waals surface area contributed by atoms with E-state index in [2.05, 4.69) is 21.2 Å². The van der Waals surface area contributed by atoms with E-state index in [4.69, 9.17) is 9.84 Å². The standard InChI is InChI=1S/C10H11BrFNO3/c1-16-9-4-6(7(11)5-8(9)12)10(15)13-2-3-14/h4-5,14H,2-3H2,1H3,(H,13,15). The summed E-state index contributed by atoms with van der Waals surface area (Å²) in [6, 6.07) is 2.46. The van der Waals surface area contributed by atoms with Crippen LogP contribution in [0.5, 0.6) is 5.75 Å². The average Bonchev–Trinajstić information content (AvgIpc) is 2.26. The van der Waals surface area contributed by atoms with E-state index < -0.39 is 11.7 Å². The molecule has 0 radical (unpaired) electrons. The summed E-state index contributed by atoms with van der Waals surface area (Å²) < 4.78 is 18.3. The minimum absolute atomic E-state index is 0.00246. The number of benzene rings is 1. The van der Waals surface area contributed by atoms with Crippen molar-refractivity contribution in [1.82, 2.24) is 5.32 Å². The first-order valence-electron chi connectivity index (χ1n) is 4.52. The van der Waals surface area contributed by atoms with Crippen molar-refractivity contribution in [3.63, 3.8) is 0 Å². The third kappa shape index (κ3) is 2.93. The fourth-order valence-electron chi connectivity index (χ4n) is 1.12. The molecular formula is C10H11BrFNO3. The van der Waals surface area contributed by atoms with E-state index >= 15 is 0 Å². The lowest BCUT2D eigenvalue weighted by Gasteiger charge is -2.08. The van der Waals surface area contributed by atoms with Gasteiger partial charge in [0.25, 0.3) is 5.91 Å². The smallest absolute Gasteiger partial charge is 0.252 e. The highest BCUT2D eigenvalue weighted by atomic mass is 79.9. The molecule has 0 aliphatic heterocycles. The molecule has 0 aromatic heterocycles. The topological polar surface area (TPSA) is 58.6 Å². The predicted octanol–water partition coefficient (Wildman–Crippen LogP) is 1.32. The number of methoxy groups -OCH3 is 1. The van der Waals surface area contributed by atoms with Crippen molar-refractivity contribution >= 4 is 21.8 Å². The number of amides is 1. The SMILES string of the molecule is COc1cc(C(=O)NCCO)c(Br)cc1F. The second kappa shape index (κ2) is 5.81. The molecule has 0 spiro atoms. The van der Waals surface area contributed by atoms with E-state index in [1.165, 1.54) is 13.2 Å². The molecule has 1 amide bonds. The average molecular weight is 292 g/mol. The van der Waals surface area contributed by atoms with Crippen LogP contribution in [0.3, 0.4) is 0 Å². The summed E-state index contributed by atoms with van der Waals surface area (Å²) in [5.41, 5.74) is 0.256. The number of nitrogens with one attached hydrogen (secondary N) is 1. The fraction of sp³-hybridized carbons (Fsp3) is 0.300. The summed E-state index contributed by atoms with van der Waals surface area (Å²) in [7, 11) is 1.32. The maximum atomic E-state index is 13.2. The van der Waals surface area contributed by atoms with Crippen LogP contribution in [-0.2, 0) is 0 Å². The Labute approximate surface area is 101 Å². The molecule has 2 N–H and O–H groups in total. The van der Waals surface area contributed by atoms with Gasteiger partial charge in [0.2, 0.25) is 0 Å². The van der Waals surface area contributed by atoms with Crippen molar-refractivity contribution in [1.29, 1.82) is 0 Å². The molecule has 88 valence electrons. The summed E-state index contributed by atoms with van der Waals surface area (Å²) in [6.45, 7) is -0.00729. The van der Waals surface area contributed by atoms with Gasteiger partial charge in [-0.15, -0.1) is 0 Å². The van der Waals surface area contributed by atoms with E-state index in [0.29, 0.717) is 4.47 Å². The van der Waals surface area contributed by atoms with Crippen LogP contribution in [0.4, 0.5) is 4.39 Å². The Morgan fingerprint density at radius 1 is 1.62 bits per heavy atom. The summed E-state index contributed by atoms with van der Waals surface area (Å²) in [4.78, 5) is 11.6. The van der Waals surface area contributed by atoms with Crippen LogP contribution in [-0.4, -0.2) is 31.3 Å². The zero-order valence-corrected chi connectivity index (χ0v) is 10.2. The lowest BCUT2D eigenvalue weighted by atomic mass is 10.2. The Bertz CT molecular complexity index is 398. The van der Waals surface area contributed by atoms with Crippen LogP contribution in [0.15, 0.2) is 16.6 Å². The number of carbonyl (C=O) groups is 1. The second-order valence-electron chi connectivity index (χ2n) is 2.95. The molecule has 6 heteroatoms. The van der Waals surface area contributed by atoms with Crippen LogP contribution in [0.1, 0.15) is 10.4 Å². The van der Waals surface area contributed by atoms with Crippen LogP contribution in [0.25, 0.3) is 0 Å². The van der Waals surface area contributed by atoms with E-state index in [1.807, 2.05) is 0 Å². The van der Waals surface area contributed by atoms with Gasteiger partial charge in [0.15, 0.2) is 11.6 Å². The minimum Gasteiger partial charge on any atom is -0.494 e. The molecule has 1 aromatic rings. The molecule has 0 fully saturated rings. The highest BCUT2D eigenvalue weighted by molar-refractivity contribution is 9.10. The normalized spacial score (nSPS) is 10.0. The van der Waals surface area contributed by atoms with E-state index in [-0.39, 0.29) is 24.5 Å². The van der Waals surface area contributed by atoms with Crippen molar-refractivity contribution in [2.24, 2.45) is 0 Å². The summed E-state index contributed by atoms with van der Waals surface area (Å²) in [5.74, 6) is -0.954. The van der Waals surface area contributed by atoms with Crippen LogP contribution in [0.2, 0.25) is 0 Å². The van der Waals surface area contributed by atoms with Gasteiger partial charge in [-0.1, -0.05) is 0 Å². The molecule has 0 heterocycles. The lowest BCUT2D eigenvalue weighted by Crippen LogP contribution is -2.26. The number of ether oxygens (including phenoxy) is 1. The van der Waals surface area contributed by atoms with Gasteiger partial charge in [-0.2, -0.15) is 0 Å². The Hall–Kier alpha value is -1.14. The van der Waals surface area contributed by atoms with Gasteiger partial charge < -0.3 is 15.2 Å². The van der Waals surface area contributed by atoms with Gasteiger partial charge in [0, 0.05) is 11.0 Å². The summed E-state index contributed by atoms with van der Waals surface area (Å²) in [5, 5.41) is 11.0. The lowest BCUT2D eigenvalue weighted by molar-refractivity contribution is 0.0943. The third-order valence-corrected chi connectivity index (χ3v) is 2.54. The maximum absolute atomic E-state index is 13.2. The Morgan fingerprint density at radius 3 is 2.88 bits per heavy atom. The van der Waals surface area contributed by atoms with E-state index in [1.54, 1.807) is 0 Å². The van der Waals surface area contributed by atoms with Gasteiger partial charge in [-0.3, -0.25) is 4.79 Å². The van der Waals surface area contributed by atoms with E-state index in [0.717, 1.165) is 6.07 Å². The number of hydrogen-bond acceptors (Lipinski definition) is 3. The molecule has 4 nitrogen and oxygen atoms in total. The van der Waals surface area contributed by atoms with Crippen LogP contribution in [0, 0.1) is 5.82 Å². The van der Waals surface area contributed by atoms with Crippen molar-refractivity contribution < 1.29 is 19.0 Å². The molecule has 0 aliphatic rings. The zero-order valence-electron chi connectivity index (χ0n) is 8.59. The Morgan fingerprint density at radius 2 is 2.31 bits per heavy atom. The van der Waals surface area contributed by atoms with Gasteiger partial charge in [-0.05, 0) is 28.1 Å². The first kappa shape index (κ1) is 12.9. The molecule has 0 atom stereocenters. The zero-order chi connectivity index (χ0) is 12.1. The number of rotatable bonds is 4. The Balaban J connectivity index is 2.99. The highest BCUT2D eigenvalue weighted by Gasteiger charge is 2.14. The van der Waals surface area contributed by atoms with Gasteiger partial charge >= 0.3 is 0 Å². The molecule has 1 aromatic carbocycles. The van der Waals surface area contributed by atoms with Gasteiger partial charge in [0.05, 0.1) is 19.3 Å². The molecule has 16 heavy (non-hydrogen) atoms. The summed E-state index contributed by atoms with van der Waals surface area (Å²) >= 11 is 3.08. The summed E-state index contributed by atoms with van der Waals surface area (Å²) in [6.07, 6.45) is 0. The molecule has 0 saturated carbocycles. The van der Waals surface area contributed by atoms with Crippen molar-refractivity contribution in [2.45, 2.75) is 0 Å². The van der Waals surface area contributed by atoms with Crippen LogP contribution < -0.4 is 10.1 Å². The molecule has 0 unspecified atom stereocenters. The van der Waals surface area contributed by atoms with Crippen LogP contribution >= 0.6 is 15.9 Å². The number of carbonyl (C=O) groups excluding carboxylic acids is 1. The second-order valence-corrected chi connectivity index (χ2v) is 3.80. The quantitative estimate of drug-likeness (QED) is 0.880. The first-order valence-corrected chi connectivity index (χ1v) is 5.31. The maximum Gasteiger partial charge on any atom is 0.252 e. The number of halogens is 2. The predicted molar refractivity (Wildman–Crippen MR) is 60.1 cm³/mol. The van der Waals surface area contributed by atoms with Crippen molar-refractivity contribution in [2.75, 3.05) is 20.3 Å². The highest BCUT2D eigenvalue weighted by Crippen LogP contribution is 2.25. The third-order valence-electron chi connectivity index (χ3n) is 1.88. The van der Waals surface area contributed by atoms with Gasteiger partial charge in [0.1, 0.15) is 0 Å². The molecule has 0 saturated heterocycles. The van der Waals surface area contributed by atoms with Gasteiger partial charge in [-0.25, -0.2) is 4.39 Å². The van der Waals surface area contributed by atoms with E-state index in [9.17, 15) is 9.18 Å². The molecule has 0 aliphatic carbocycles. The fourth-order valence-corrected chi connectivity index (χ4v) is 1.62. The number of aliphatic hydroxyl groups is 1. The molecular weight excluding hydrogens is 281 g/mol. The number of hydrogen-bond donors (Lipinski definition) is 2. The minimum atomic E-state index is -0.548.